The van der Waals surface area contributed by atoms with E-state index in [4.69, 9.17) is 34.8 Å². The van der Waals surface area contributed by atoms with E-state index in [0.29, 0.717) is 20.8 Å². The van der Waals surface area contributed by atoms with Gasteiger partial charge in [0.15, 0.2) is 0 Å². The van der Waals surface area contributed by atoms with Crippen LogP contribution in [0.25, 0.3) is 0 Å². The molecule has 1 aromatic carbocycles. The molecule has 9 heteroatoms. The Hall–Kier alpha value is -1.05. The minimum absolute atomic E-state index is 0.0410. The Morgan fingerprint density at radius 3 is 2.50 bits per heavy atom. The number of hydrazine groups is 1. The molecule has 0 aliphatic carbocycles. The maximum absolute atomic E-state index is 12.4. The average Bonchev–Trinajstić information content (AvgIpc) is 2.99. The lowest BCUT2D eigenvalue weighted by Gasteiger charge is -2.30. The van der Waals surface area contributed by atoms with Crippen LogP contribution in [-0.2, 0) is 11.3 Å². The van der Waals surface area contributed by atoms with Gasteiger partial charge in [0.2, 0.25) is 5.91 Å². The van der Waals surface area contributed by atoms with Crippen molar-refractivity contribution in [3.63, 3.8) is 0 Å². The standard InChI is InChI=1S/C17H19Cl3N4OS/c1-10-21-13(9-26-10)8-24-4-2-11(3-5-24)17(25)23-22-16-14(19)6-12(18)7-15(16)20/h6-7,9,11,22H,2-5,8H2,1H3,(H,23,25). The molecule has 0 radical (unpaired) electrons. The minimum atomic E-state index is -0.0590. The number of thiazole rings is 1. The van der Waals surface area contributed by atoms with Crippen LogP contribution in [0, 0.1) is 12.8 Å². The number of nitrogens with one attached hydrogen (secondary N) is 2. The van der Waals surface area contributed by atoms with Gasteiger partial charge in [0, 0.05) is 22.9 Å². The van der Waals surface area contributed by atoms with Crippen LogP contribution in [0.15, 0.2) is 17.5 Å². The van der Waals surface area contributed by atoms with Crippen molar-refractivity contribution in [2.45, 2.75) is 26.3 Å². The van der Waals surface area contributed by atoms with Gasteiger partial charge < -0.3 is 0 Å². The molecule has 2 N–H and O–H groups in total. The van der Waals surface area contributed by atoms with Crippen LogP contribution in [0.3, 0.4) is 0 Å². The Labute approximate surface area is 171 Å². The first kappa shape index (κ1) is 19.7. The number of anilines is 1. The number of rotatable bonds is 5. The average molecular weight is 434 g/mol. The zero-order chi connectivity index (χ0) is 18.7. The van der Waals surface area contributed by atoms with E-state index in [1.54, 1.807) is 23.5 Å². The van der Waals surface area contributed by atoms with Gasteiger partial charge in [-0.05, 0) is 45.0 Å². The van der Waals surface area contributed by atoms with Crippen LogP contribution >= 0.6 is 46.1 Å². The highest BCUT2D eigenvalue weighted by Crippen LogP contribution is 2.33. The number of aryl methyl sites for hydroxylation is 1. The van der Waals surface area contributed by atoms with Crippen molar-refractivity contribution in [1.82, 2.24) is 15.3 Å². The molecule has 140 valence electrons. The van der Waals surface area contributed by atoms with Crippen molar-refractivity contribution in [1.29, 1.82) is 0 Å². The predicted molar refractivity (Wildman–Crippen MR) is 108 cm³/mol. The molecule has 0 saturated carbocycles. The van der Waals surface area contributed by atoms with E-state index in [0.717, 1.165) is 43.2 Å². The molecule has 0 atom stereocenters. The maximum atomic E-state index is 12.4. The van der Waals surface area contributed by atoms with Gasteiger partial charge in [-0.2, -0.15) is 0 Å². The minimum Gasteiger partial charge on any atom is -0.297 e. The van der Waals surface area contributed by atoms with E-state index in [9.17, 15) is 4.79 Å². The van der Waals surface area contributed by atoms with E-state index in [1.165, 1.54) is 0 Å². The SMILES string of the molecule is Cc1nc(CN2CCC(C(=O)NNc3c(Cl)cc(Cl)cc3Cl)CC2)cs1. The van der Waals surface area contributed by atoms with Gasteiger partial charge in [-0.25, -0.2) is 4.98 Å². The van der Waals surface area contributed by atoms with Crippen molar-refractivity contribution in [2.24, 2.45) is 5.92 Å². The number of likely N-dealkylation sites (tertiary alicyclic amines) is 1. The highest BCUT2D eigenvalue weighted by Gasteiger charge is 2.25. The fourth-order valence-corrected chi connectivity index (χ4v) is 4.47. The molecule has 1 saturated heterocycles. The van der Waals surface area contributed by atoms with Crippen LogP contribution in [0.1, 0.15) is 23.5 Å². The molecule has 0 bridgehead atoms. The van der Waals surface area contributed by atoms with Crippen LogP contribution in [-0.4, -0.2) is 28.9 Å². The van der Waals surface area contributed by atoms with Crippen molar-refractivity contribution in [2.75, 3.05) is 18.5 Å². The van der Waals surface area contributed by atoms with Gasteiger partial charge in [0.1, 0.15) is 0 Å². The van der Waals surface area contributed by atoms with E-state index in [2.05, 4.69) is 26.1 Å². The number of carbonyl (C=O) groups is 1. The van der Waals surface area contributed by atoms with Gasteiger partial charge in [0.25, 0.3) is 0 Å². The second-order valence-corrected chi connectivity index (χ2v) is 8.58. The number of aromatic nitrogens is 1. The first-order valence-corrected chi connectivity index (χ1v) is 10.3. The molecule has 5 nitrogen and oxygen atoms in total. The highest BCUT2D eigenvalue weighted by molar-refractivity contribution is 7.09. The Balaban J connectivity index is 1.48. The highest BCUT2D eigenvalue weighted by atomic mass is 35.5. The molecule has 26 heavy (non-hydrogen) atoms. The molecule has 3 rings (SSSR count). The van der Waals surface area contributed by atoms with Crippen LogP contribution in [0.5, 0.6) is 0 Å². The van der Waals surface area contributed by atoms with Crippen LogP contribution in [0.4, 0.5) is 5.69 Å². The van der Waals surface area contributed by atoms with E-state index in [1.807, 2.05) is 6.92 Å². The van der Waals surface area contributed by atoms with Gasteiger partial charge >= 0.3 is 0 Å². The Morgan fingerprint density at radius 1 is 1.27 bits per heavy atom. The fraction of sp³-hybridized carbons (Fsp3) is 0.412. The summed E-state index contributed by atoms with van der Waals surface area (Å²) in [6.45, 7) is 4.60. The molecule has 2 aromatic rings. The molecule has 1 aliphatic heterocycles. The lowest BCUT2D eigenvalue weighted by atomic mass is 9.96. The second-order valence-electron chi connectivity index (χ2n) is 6.27. The monoisotopic (exact) mass is 432 g/mol. The largest absolute Gasteiger partial charge is 0.297 e. The van der Waals surface area contributed by atoms with E-state index in [-0.39, 0.29) is 11.8 Å². The summed E-state index contributed by atoms with van der Waals surface area (Å²) in [6.07, 6.45) is 1.61. The third-order valence-corrected chi connectivity index (χ3v) is 5.96. The number of nitrogens with zero attached hydrogens (tertiary/aromatic N) is 2. The molecule has 0 spiro atoms. The normalized spacial score (nSPS) is 15.8. The lowest BCUT2D eigenvalue weighted by molar-refractivity contribution is -0.125. The number of amides is 1. The number of halogens is 3. The number of hydrogen-bond acceptors (Lipinski definition) is 5. The topological polar surface area (TPSA) is 57.3 Å². The summed E-state index contributed by atoms with van der Waals surface area (Å²) in [6, 6.07) is 3.14. The van der Waals surface area contributed by atoms with Gasteiger partial charge in [-0.15, -0.1) is 11.3 Å². The molecule has 1 amide bonds. The smallest absolute Gasteiger partial charge is 0.241 e. The number of piperidine rings is 1. The zero-order valence-electron chi connectivity index (χ0n) is 14.2. The summed E-state index contributed by atoms with van der Waals surface area (Å²) in [5.74, 6) is -0.1000. The summed E-state index contributed by atoms with van der Waals surface area (Å²) in [5.41, 5.74) is 7.07. The third-order valence-electron chi connectivity index (χ3n) is 4.33. The number of carbonyl (C=O) groups excluding carboxylic acids is 1. The third kappa shape index (κ3) is 5.02. The summed E-state index contributed by atoms with van der Waals surface area (Å²) < 4.78 is 0. The van der Waals surface area contributed by atoms with Crippen molar-refractivity contribution >= 4 is 57.7 Å². The first-order chi connectivity index (χ1) is 12.4. The van der Waals surface area contributed by atoms with Gasteiger partial charge in [0.05, 0.1) is 26.4 Å². The summed E-state index contributed by atoms with van der Waals surface area (Å²) >= 11 is 19.8. The summed E-state index contributed by atoms with van der Waals surface area (Å²) in [7, 11) is 0. The molecule has 0 unspecified atom stereocenters. The second kappa shape index (κ2) is 8.76. The molecule has 1 fully saturated rings. The fourth-order valence-electron chi connectivity index (χ4n) is 2.95. The Bertz CT molecular complexity index is 767. The molecular weight excluding hydrogens is 415 g/mol. The van der Waals surface area contributed by atoms with Crippen molar-refractivity contribution in [3.8, 4) is 0 Å². The Morgan fingerprint density at radius 2 is 1.92 bits per heavy atom. The van der Waals surface area contributed by atoms with Gasteiger partial charge in [-0.3, -0.25) is 20.5 Å². The molecular formula is C17H19Cl3N4OS. The van der Waals surface area contributed by atoms with Crippen LogP contribution < -0.4 is 10.9 Å². The van der Waals surface area contributed by atoms with Crippen molar-refractivity contribution in [3.05, 3.63) is 43.3 Å². The van der Waals surface area contributed by atoms with Gasteiger partial charge in [-0.1, -0.05) is 34.8 Å². The molecule has 1 aliphatic rings. The number of benzene rings is 1. The van der Waals surface area contributed by atoms with Crippen molar-refractivity contribution < 1.29 is 4.79 Å². The molecule has 1 aromatic heterocycles. The zero-order valence-corrected chi connectivity index (χ0v) is 17.3. The predicted octanol–water partition coefficient (Wildman–Crippen LogP) is 4.77. The maximum Gasteiger partial charge on any atom is 0.241 e. The first-order valence-electron chi connectivity index (χ1n) is 8.26. The summed E-state index contributed by atoms with van der Waals surface area (Å²) in [5, 5.41) is 4.34. The van der Waals surface area contributed by atoms with E-state index < -0.39 is 0 Å². The summed E-state index contributed by atoms with van der Waals surface area (Å²) in [4.78, 5) is 19.2. The molecule has 2 heterocycles. The quantitative estimate of drug-likeness (QED) is 0.667. The lowest BCUT2D eigenvalue weighted by Crippen LogP contribution is -2.42. The van der Waals surface area contributed by atoms with E-state index >= 15 is 0 Å². The van der Waals surface area contributed by atoms with Crippen LogP contribution in [0.2, 0.25) is 15.1 Å². The Kier molecular flexibility index (Phi) is 6.64. The number of hydrogen-bond donors (Lipinski definition) is 2.